The number of ether oxygens (including phenoxy) is 1. The molecule has 0 radical (unpaired) electrons. The second kappa shape index (κ2) is 6.65. The van der Waals surface area contributed by atoms with Crippen LogP contribution in [0.2, 0.25) is 0 Å². The lowest BCUT2D eigenvalue weighted by molar-refractivity contribution is 0.414. The average molecular weight is 388 g/mol. The first-order valence-corrected chi connectivity index (χ1v) is 9.49. The summed E-state index contributed by atoms with van der Waals surface area (Å²) in [7, 11) is 3.54. The number of aromatic nitrogens is 6. The smallest absolute Gasteiger partial charge is 0.180 e. The minimum atomic E-state index is 0.796. The van der Waals surface area contributed by atoms with E-state index in [4.69, 9.17) is 9.72 Å². The lowest BCUT2D eigenvalue weighted by Crippen LogP contribution is -1.97. The van der Waals surface area contributed by atoms with Gasteiger partial charge in [-0.3, -0.25) is 9.25 Å². The van der Waals surface area contributed by atoms with E-state index in [-0.39, 0.29) is 0 Å². The van der Waals surface area contributed by atoms with E-state index in [1.807, 2.05) is 49.5 Å². The van der Waals surface area contributed by atoms with Gasteiger partial charge in [-0.15, -0.1) is 0 Å². The Morgan fingerprint density at radius 1 is 1.00 bits per heavy atom. The van der Waals surface area contributed by atoms with Gasteiger partial charge < -0.3 is 4.74 Å². The number of aryl methyl sites for hydroxylation is 1. The summed E-state index contributed by atoms with van der Waals surface area (Å²) in [6, 6.07) is 16.0. The van der Waals surface area contributed by atoms with Crippen LogP contribution in [-0.4, -0.2) is 36.4 Å². The Labute approximate surface area is 165 Å². The summed E-state index contributed by atoms with van der Waals surface area (Å²) in [5.74, 6) is 0.815. The maximum Gasteiger partial charge on any atom is 0.180 e. The van der Waals surface area contributed by atoms with E-state index in [9.17, 15) is 0 Å². The third-order valence-electron chi connectivity index (χ3n) is 4.54. The van der Waals surface area contributed by atoms with Gasteiger partial charge in [0, 0.05) is 12.7 Å². The molecule has 3 aromatic heterocycles. The maximum atomic E-state index is 5.29. The number of para-hydroxylation sites is 2. The summed E-state index contributed by atoms with van der Waals surface area (Å²) < 4.78 is 9.17. The zero-order valence-corrected chi connectivity index (χ0v) is 16.1. The van der Waals surface area contributed by atoms with Gasteiger partial charge in [0.15, 0.2) is 10.8 Å². The van der Waals surface area contributed by atoms with Gasteiger partial charge in [0.05, 0.1) is 29.7 Å². The molecule has 0 aliphatic rings. The molecular formula is C20H16N6OS. The fourth-order valence-electron chi connectivity index (χ4n) is 3.16. The van der Waals surface area contributed by atoms with Crippen molar-refractivity contribution >= 4 is 33.8 Å². The van der Waals surface area contributed by atoms with Crippen molar-refractivity contribution in [3.8, 4) is 11.4 Å². The van der Waals surface area contributed by atoms with Gasteiger partial charge in [-0.2, -0.15) is 5.10 Å². The number of nitrogens with zero attached hydrogens (tertiary/aromatic N) is 6. The molecule has 5 aromatic rings. The molecule has 0 bridgehead atoms. The summed E-state index contributed by atoms with van der Waals surface area (Å²) in [6.45, 7) is 0. The average Bonchev–Trinajstić information content (AvgIpc) is 3.29. The molecule has 0 spiro atoms. The first kappa shape index (κ1) is 16.8. The Morgan fingerprint density at radius 2 is 1.82 bits per heavy atom. The first-order chi connectivity index (χ1) is 13.7. The molecule has 0 saturated carbocycles. The number of benzene rings is 2. The van der Waals surface area contributed by atoms with Gasteiger partial charge in [-0.1, -0.05) is 12.1 Å². The molecular weight excluding hydrogens is 372 g/mol. The van der Waals surface area contributed by atoms with E-state index in [0.717, 1.165) is 43.7 Å². The highest BCUT2D eigenvalue weighted by atomic mass is 32.2. The van der Waals surface area contributed by atoms with Gasteiger partial charge in [0.1, 0.15) is 17.1 Å². The second-order valence-corrected chi connectivity index (χ2v) is 7.16. The van der Waals surface area contributed by atoms with Crippen molar-refractivity contribution < 1.29 is 4.74 Å². The number of fused-ring (bicyclic) bond motifs is 2. The third-order valence-corrected chi connectivity index (χ3v) is 5.52. The van der Waals surface area contributed by atoms with E-state index in [1.54, 1.807) is 24.3 Å². The number of hydrogen-bond acceptors (Lipinski definition) is 6. The van der Waals surface area contributed by atoms with Crippen LogP contribution in [0.15, 0.2) is 71.2 Å². The van der Waals surface area contributed by atoms with Crippen molar-refractivity contribution in [2.75, 3.05) is 7.11 Å². The van der Waals surface area contributed by atoms with Crippen LogP contribution < -0.4 is 4.74 Å². The molecule has 8 heteroatoms. The molecule has 0 aliphatic heterocycles. The quantitative estimate of drug-likeness (QED) is 0.436. The molecule has 0 atom stereocenters. The van der Waals surface area contributed by atoms with Gasteiger partial charge in [-0.05, 0) is 48.2 Å². The minimum Gasteiger partial charge on any atom is -0.497 e. The SMILES string of the molecule is COc1ccc(-n2c(Sc3ncnc4c3cnn4C)nc3ccccc32)cc1. The van der Waals surface area contributed by atoms with Crippen molar-refractivity contribution in [3.63, 3.8) is 0 Å². The van der Waals surface area contributed by atoms with E-state index in [1.165, 1.54) is 11.8 Å². The van der Waals surface area contributed by atoms with Gasteiger partial charge >= 0.3 is 0 Å². The topological polar surface area (TPSA) is 70.7 Å². The van der Waals surface area contributed by atoms with Gasteiger partial charge in [-0.25, -0.2) is 15.0 Å². The normalized spacial score (nSPS) is 11.4. The number of rotatable bonds is 4. The Kier molecular flexibility index (Phi) is 3.98. The van der Waals surface area contributed by atoms with Crippen LogP contribution in [0.3, 0.4) is 0 Å². The van der Waals surface area contributed by atoms with Crippen LogP contribution in [0.5, 0.6) is 5.75 Å². The van der Waals surface area contributed by atoms with Crippen molar-refractivity contribution in [2.24, 2.45) is 7.05 Å². The third kappa shape index (κ3) is 2.69. The lowest BCUT2D eigenvalue weighted by atomic mass is 10.2. The standard InChI is InChI=1S/C20H16N6OS/c1-25-18-15(11-23-25)19(22-12-21-18)28-20-24-16-5-3-4-6-17(16)26(20)13-7-9-14(27-2)10-8-13/h3-12H,1-2H3. The Bertz CT molecular complexity index is 1290. The molecule has 0 N–H and O–H groups in total. The number of methoxy groups -OCH3 is 1. The summed E-state index contributed by atoms with van der Waals surface area (Å²) in [4.78, 5) is 13.6. The zero-order valence-electron chi connectivity index (χ0n) is 15.3. The molecule has 138 valence electrons. The predicted molar refractivity (Wildman–Crippen MR) is 108 cm³/mol. The summed E-state index contributed by atoms with van der Waals surface area (Å²) in [5.41, 5.74) is 3.77. The van der Waals surface area contributed by atoms with Crippen LogP contribution in [0, 0.1) is 0 Å². The largest absolute Gasteiger partial charge is 0.497 e. The van der Waals surface area contributed by atoms with Crippen molar-refractivity contribution in [1.82, 2.24) is 29.3 Å². The molecule has 0 fully saturated rings. The Hall–Kier alpha value is -3.39. The fraction of sp³-hybridized carbons (Fsp3) is 0.100. The molecule has 7 nitrogen and oxygen atoms in total. The molecule has 5 rings (SSSR count). The van der Waals surface area contributed by atoms with E-state index >= 15 is 0 Å². The highest BCUT2D eigenvalue weighted by molar-refractivity contribution is 7.99. The van der Waals surface area contributed by atoms with Crippen molar-refractivity contribution in [3.05, 3.63) is 61.1 Å². The predicted octanol–water partition coefficient (Wildman–Crippen LogP) is 3.86. The first-order valence-electron chi connectivity index (χ1n) is 8.67. The van der Waals surface area contributed by atoms with Crippen LogP contribution >= 0.6 is 11.8 Å². The highest BCUT2D eigenvalue weighted by Crippen LogP contribution is 2.34. The van der Waals surface area contributed by atoms with Gasteiger partial charge in [0.2, 0.25) is 0 Å². The van der Waals surface area contributed by atoms with Crippen LogP contribution in [0.25, 0.3) is 27.8 Å². The molecule has 0 aliphatic carbocycles. The highest BCUT2D eigenvalue weighted by Gasteiger charge is 2.17. The van der Waals surface area contributed by atoms with E-state index < -0.39 is 0 Å². The summed E-state index contributed by atoms with van der Waals surface area (Å²) >= 11 is 1.50. The van der Waals surface area contributed by atoms with E-state index in [2.05, 4.69) is 25.7 Å². The zero-order chi connectivity index (χ0) is 19.1. The Balaban J connectivity index is 1.68. The molecule has 2 aromatic carbocycles. The molecule has 3 heterocycles. The molecule has 0 unspecified atom stereocenters. The number of hydrogen-bond donors (Lipinski definition) is 0. The Morgan fingerprint density at radius 3 is 2.64 bits per heavy atom. The molecule has 0 saturated heterocycles. The lowest BCUT2D eigenvalue weighted by Gasteiger charge is -2.10. The van der Waals surface area contributed by atoms with E-state index in [0.29, 0.717) is 0 Å². The fourth-order valence-corrected chi connectivity index (χ4v) is 4.13. The minimum absolute atomic E-state index is 0.796. The molecule has 0 amide bonds. The van der Waals surface area contributed by atoms with Crippen LogP contribution in [0.4, 0.5) is 0 Å². The monoisotopic (exact) mass is 388 g/mol. The summed E-state index contributed by atoms with van der Waals surface area (Å²) in [6.07, 6.45) is 3.35. The summed E-state index contributed by atoms with van der Waals surface area (Å²) in [5, 5.41) is 6.86. The molecule has 28 heavy (non-hydrogen) atoms. The number of imidazole rings is 1. The van der Waals surface area contributed by atoms with Crippen molar-refractivity contribution in [2.45, 2.75) is 10.2 Å². The van der Waals surface area contributed by atoms with Crippen LogP contribution in [-0.2, 0) is 7.05 Å². The second-order valence-electron chi connectivity index (χ2n) is 6.20. The van der Waals surface area contributed by atoms with Gasteiger partial charge in [0.25, 0.3) is 0 Å². The van der Waals surface area contributed by atoms with Crippen molar-refractivity contribution in [1.29, 1.82) is 0 Å². The van der Waals surface area contributed by atoms with Crippen LogP contribution in [0.1, 0.15) is 0 Å². The maximum absolute atomic E-state index is 5.29.